The Bertz CT molecular complexity index is 1510. The SMILES string of the molecule is Cc1cc(-c2ccc(N3CCCC3)nc2)c(CN2CCC3(CC2)CN(c2ccc(C(=O)O)cc2)C(=O)O3)cc1C(F)(F)F. The van der Waals surface area contributed by atoms with Crippen LogP contribution in [0.1, 0.15) is 52.7 Å². The number of benzene rings is 2. The molecule has 0 bridgehead atoms. The van der Waals surface area contributed by atoms with E-state index in [-0.39, 0.29) is 11.1 Å². The van der Waals surface area contributed by atoms with Gasteiger partial charge in [-0.25, -0.2) is 14.6 Å². The first kappa shape index (κ1) is 29.0. The van der Waals surface area contributed by atoms with Crippen LogP contribution in [0.25, 0.3) is 11.1 Å². The molecule has 0 saturated carbocycles. The molecule has 3 fully saturated rings. The van der Waals surface area contributed by atoms with E-state index in [1.54, 1.807) is 24.4 Å². The van der Waals surface area contributed by atoms with Gasteiger partial charge in [-0.2, -0.15) is 13.2 Å². The van der Waals surface area contributed by atoms with Gasteiger partial charge in [0.05, 0.1) is 17.7 Å². The van der Waals surface area contributed by atoms with Crippen molar-refractivity contribution in [1.82, 2.24) is 9.88 Å². The van der Waals surface area contributed by atoms with Crippen LogP contribution in [0.5, 0.6) is 0 Å². The fourth-order valence-corrected chi connectivity index (χ4v) is 6.36. The monoisotopic (exact) mass is 594 g/mol. The van der Waals surface area contributed by atoms with Gasteiger partial charge in [-0.15, -0.1) is 0 Å². The summed E-state index contributed by atoms with van der Waals surface area (Å²) in [5, 5.41) is 9.15. The number of halogens is 3. The molecule has 0 aliphatic carbocycles. The van der Waals surface area contributed by atoms with Gasteiger partial charge < -0.3 is 14.7 Å². The van der Waals surface area contributed by atoms with Crippen LogP contribution in [-0.2, 0) is 17.5 Å². The Morgan fingerprint density at radius 2 is 1.72 bits per heavy atom. The van der Waals surface area contributed by atoms with E-state index in [1.807, 2.05) is 12.1 Å². The quantitative estimate of drug-likeness (QED) is 0.355. The van der Waals surface area contributed by atoms with Crippen LogP contribution in [0, 0.1) is 6.92 Å². The molecule has 4 heterocycles. The van der Waals surface area contributed by atoms with E-state index in [2.05, 4.69) is 14.8 Å². The average Bonchev–Trinajstić information content (AvgIpc) is 3.63. The summed E-state index contributed by atoms with van der Waals surface area (Å²) in [4.78, 5) is 34.4. The van der Waals surface area contributed by atoms with Gasteiger partial charge in [0.25, 0.3) is 0 Å². The van der Waals surface area contributed by atoms with Crippen LogP contribution in [-0.4, -0.2) is 65.4 Å². The number of carbonyl (C=O) groups is 2. The second-order valence-electron chi connectivity index (χ2n) is 11.7. The summed E-state index contributed by atoms with van der Waals surface area (Å²) in [6.07, 6.45) is 0.103. The van der Waals surface area contributed by atoms with Crippen LogP contribution in [0.15, 0.2) is 54.7 Å². The van der Waals surface area contributed by atoms with E-state index in [4.69, 9.17) is 9.84 Å². The van der Waals surface area contributed by atoms with Gasteiger partial charge in [0.2, 0.25) is 0 Å². The first-order chi connectivity index (χ1) is 20.5. The van der Waals surface area contributed by atoms with Crippen molar-refractivity contribution in [2.24, 2.45) is 0 Å². The number of alkyl halides is 3. The molecule has 1 amide bonds. The van der Waals surface area contributed by atoms with Gasteiger partial charge in [-0.3, -0.25) is 9.80 Å². The smallest absolute Gasteiger partial charge is 0.416 e. The van der Waals surface area contributed by atoms with Gasteiger partial charge in [0.15, 0.2) is 0 Å². The van der Waals surface area contributed by atoms with E-state index in [0.717, 1.165) is 42.9 Å². The summed E-state index contributed by atoms with van der Waals surface area (Å²) >= 11 is 0. The third-order valence-electron chi connectivity index (χ3n) is 8.80. The molecule has 3 saturated heterocycles. The second-order valence-corrected chi connectivity index (χ2v) is 11.7. The molecule has 0 unspecified atom stereocenters. The topological polar surface area (TPSA) is 86.2 Å². The predicted molar refractivity (Wildman–Crippen MR) is 155 cm³/mol. The maximum atomic E-state index is 13.9. The first-order valence-corrected chi connectivity index (χ1v) is 14.5. The van der Waals surface area contributed by atoms with Crippen LogP contribution in [0.2, 0.25) is 0 Å². The number of aryl methyl sites for hydroxylation is 1. The lowest BCUT2D eigenvalue weighted by atomic mass is 9.90. The highest BCUT2D eigenvalue weighted by Crippen LogP contribution is 2.39. The molecular formula is C32H33F3N4O4. The summed E-state index contributed by atoms with van der Waals surface area (Å²) in [5.41, 5.74) is 1.59. The standard InChI is InChI=1S/C32H33F3N4O4/c1-21-16-26(23-6-9-28(36-18-23)38-12-2-3-13-38)24(17-27(21)32(33,34)35)19-37-14-10-31(11-15-37)20-39(30(42)43-31)25-7-4-22(5-8-25)29(40)41/h4-9,16-18H,2-3,10-15,19-20H2,1H3,(H,40,41). The van der Waals surface area contributed by atoms with Crippen molar-refractivity contribution in [2.45, 2.75) is 50.9 Å². The van der Waals surface area contributed by atoms with Gasteiger partial charge in [-0.1, -0.05) is 6.07 Å². The summed E-state index contributed by atoms with van der Waals surface area (Å²) in [6.45, 7) is 5.13. The number of hydrogen-bond acceptors (Lipinski definition) is 6. The average molecular weight is 595 g/mol. The number of pyridine rings is 1. The number of hydrogen-bond donors (Lipinski definition) is 1. The molecule has 8 nitrogen and oxygen atoms in total. The highest BCUT2D eigenvalue weighted by Gasteiger charge is 2.47. The van der Waals surface area contributed by atoms with Crippen molar-refractivity contribution in [3.8, 4) is 11.1 Å². The fourth-order valence-electron chi connectivity index (χ4n) is 6.36. The Labute approximate surface area is 247 Å². The highest BCUT2D eigenvalue weighted by atomic mass is 19.4. The van der Waals surface area contributed by atoms with E-state index in [0.29, 0.717) is 50.3 Å². The molecule has 1 spiro atoms. The van der Waals surface area contributed by atoms with Crippen LogP contribution in [0.4, 0.5) is 29.5 Å². The molecule has 1 N–H and O–H groups in total. The summed E-state index contributed by atoms with van der Waals surface area (Å²) in [6, 6.07) is 12.8. The molecule has 0 atom stereocenters. The minimum Gasteiger partial charge on any atom is -0.478 e. The second kappa shape index (κ2) is 11.2. The number of anilines is 2. The lowest BCUT2D eigenvalue weighted by molar-refractivity contribution is -0.138. The van der Waals surface area contributed by atoms with Gasteiger partial charge in [0, 0.05) is 63.0 Å². The van der Waals surface area contributed by atoms with Crippen molar-refractivity contribution in [1.29, 1.82) is 0 Å². The number of piperidine rings is 1. The number of aromatic carboxylic acids is 1. The molecule has 226 valence electrons. The predicted octanol–water partition coefficient (Wildman–Crippen LogP) is 6.37. The lowest BCUT2D eigenvalue weighted by Gasteiger charge is -2.37. The van der Waals surface area contributed by atoms with Crippen molar-refractivity contribution < 1.29 is 32.6 Å². The third kappa shape index (κ3) is 5.90. The number of carboxylic acids is 1. The molecule has 1 aromatic heterocycles. The molecular weight excluding hydrogens is 561 g/mol. The van der Waals surface area contributed by atoms with Gasteiger partial charge in [-0.05, 0) is 78.9 Å². The van der Waals surface area contributed by atoms with E-state index in [1.165, 1.54) is 30.0 Å². The number of carboxylic acid groups (broad SMARTS) is 1. The van der Waals surface area contributed by atoms with Gasteiger partial charge in [0.1, 0.15) is 11.4 Å². The summed E-state index contributed by atoms with van der Waals surface area (Å²) in [5.74, 6) is -0.167. The van der Waals surface area contributed by atoms with Crippen molar-refractivity contribution in [3.05, 3.63) is 77.0 Å². The van der Waals surface area contributed by atoms with Crippen LogP contribution >= 0.6 is 0 Å². The van der Waals surface area contributed by atoms with Crippen molar-refractivity contribution in [2.75, 3.05) is 42.5 Å². The highest BCUT2D eigenvalue weighted by molar-refractivity contribution is 5.92. The number of rotatable bonds is 6. The Hall–Kier alpha value is -4.12. The fraction of sp³-hybridized carbons (Fsp3) is 0.406. The maximum Gasteiger partial charge on any atom is 0.416 e. The Morgan fingerprint density at radius 1 is 1.02 bits per heavy atom. The third-order valence-corrected chi connectivity index (χ3v) is 8.80. The van der Waals surface area contributed by atoms with Gasteiger partial charge >= 0.3 is 18.2 Å². The lowest BCUT2D eigenvalue weighted by Crippen LogP contribution is -2.46. The number of amides is 1. The molecule has 0 radical (unpaired) electrons. The molecule has 3 aromatic rings. The Balaban J connectivity index is 1.19. The van der Waals surface area contributed by atoms with Crippen LogP contribution < -0.4 is 9.80 Å². The Morgan fingerprint density at radius 3 is 2.33 bits per heavy atom. The zero-order chi connectivity index (χ0) is 30.4. The summed E-state index contributed by atoms with van der Waals surface area (Å²) in [7, 11) is 0. The summed E-state index contributed by atoms with van der Waals surface area (Å²) < 4.78 is 47.6. The van der Waals surface area contributed by atoms with E-state index >= 15 is 0 Å². The number of aromatic nitrogens is 1. The molecule has 2 aromatic carbocycles. The normalized spacial score (nSPS) is 18.8. The largest absolute Gasteiger partial charge is 0.478 e. The minimum atomic E-state index is -4.47. The molecule has 6 rings (SSSR count). The maximum absolute atomic E-state index is 13.9. The molecule has 3 aliphatic rings. The first-order valence-electron chi connectivity index (χ1n) is 14.5. The van der Waals surface area contributed by atoms with Crippen LogP contribution in [0.3, 0.4) is 0 Å². The molecule has 3 aliphatic heterocycles. The molecule has 11 heteroatoms. The van der Waals surface area contributed by atoms with E-state index in [9.17, 15) is 22.8 Å². The van der Waals surface area contributed by atoms with Crippen molar-refractivity contribution in [3.63, 3.8) is 0 Å². The zero-order valence-corrected chi connectivity index (χ0v) is 23.9. The van der Waals surface area contributed by atoms with E-state index < -0.39 is 29.4 Å². The minimum absolute atomic E-state index is 0.127. The number of likely N-dealkylation sites (tertiary alicyclic amines) is 1. The Kier molecular flexibility index (Phi) is 7.53. The molecule has 43 heavy (non-hydrogen) atoms. The number of nitrogens with zero attached hydrogens (tertiary/aromatic N) is 4. The number of carbonyl (C=O) groups excluding carboxylic acids is 1. The van der Waals surface area contributed by atoms with Crippen molar-refractivity contribution >= 4 is 23.6 Å². The zero-order valence-electron chi connectivity index (χ0n) is 23.9. The number of ether oxygens (including phenoxy) is 1.